The van der Waals surface area contributed by atoms with Crippen molar-refractivity contribution in [2.45, 2.75) is 27.7 Å². The molecule has 1 fully saturated rings. The molecule has 5 nitrogen and oxygen atoms in total. The second kappa shape index (κ2) is 6.53. The lowest BCUT2D eigenvalue weighted by Crippen LogP contribution is -2.52. The molecule has 1 aromatic heterocycles. The lowest BCUT2D eigenvalue weighted by atomic mass is 10.1. The molecule has 0 saturated carbocycles. The topological polar surface area (TPSA) is 54.3 Å². The molecule has 2 aromatic rings. The van der Waals surface area contributed by atoms with Gasteiger partial charge < -0.3 is 4.57 Å². The molecular weight excluding hydrogens is 346 g/mol. The van der Waals surface area contributed by atoms with Crippen molar-refractivity contribution in [3.8, 4) is 5.69 Å². The van der Waals surface area contributed by atoms with Crippen LogP contribution in [0.1, 0.15) is 28.1 Å². The number of para-hydroxylation sites is 1. The van der Waals surface area contributed by atoms with Gasteiger partial charge in [0.15, 0.2) is 5.11 Å². The zero-order valence-electron chi connectivity index (χ0n) is 15.5. The van der Waals surface area contributed by atoms with Gasteiger partial charge in [-0.3, -0.25) is 19.8 Å². The highest BCUT2D eigenvalue weighted by Crippen LogP contribution is 2.27. The van der Waals surface area contributed by atoms with Gasteiger partial charge >= 0.3 is 0 Å². The minimum atomic E-state index is -0.463. The average molecular weight is 367 g/mol. The normalized spacial score (nSPS) is 16.4. The van der Waals surface area contributed by atoms with E-state index >= 15 is 0 Å². The number of likely N-dealkylation sites (N-methyl/N-ethyl adjacent to an activating group) is 1. The molecule has 2 heterocycles. The monoisotopic (exact) mass is 367 g/mol. The number of nitrogens with one attached hydrogen (secondary N) is 1. The maximum atomic E-state index is 12.4. The molecule has 0 atom stereocenters. The predicted octanol–water partition coefficient (Wildman–Crippen LogP) is 2.97. The standard InChI is InChI=1S/C20H21N3O2S/c1-11-7-6-8-12(2)17(11)23-13(3)9-15(14(23)4)10-16-18(24)21-20(26)22(5)19(16)25/h6-10H,1-5H3,(H,21,24,26)/b16-10+. The Hall–Kier alpha value is -2.73. The lowest BCUT2D eigenvalue weighted by molar-refractivity contribution is -0.128. The van der Waals surface area contributed by atoms with Crippen LogP contribution in [0.4, 0.5) is 0 Å². The number of carbonyl (C=O) groups is 2. The van der Waals surface area contributed by atoms with Crippen LogP contribution in [-0.2, 0) is 9.59 Å². The summed E-state index contributed by atoms with van der Waals surface area (Å²) < 4.78 is 2.16. The molecule has 26 heavy (non-hydrogen) atoms. The summed E-state index contributed by atoms with van der Waals surface area (Å²) in [5.74, 6) is -0.856. The van der Waals surface area contributed by atoms with Crippen LogP contribution in [0.3, 0.4) is 0 Å². The van der Waals surface area contributed by atoms with Crippen molar-refractivity contribution in [2.24, 2.45) is 0 Å². The average Bonchev–Trinajstić information content (AvgIpc) is 2.84. The van der Waals surface area contributed by atoms with Crippen molar-refractivity contribution in [3.05, 3.63) is 57.9 Å². The Kier molecular flexibility index (Phi) is 4.54. The van der Waals surface area contributed by atoms with Crippen molar-refractivity contribution in [2.75, 3.05) is 7.05 Å². The number of nitrogens with zero attached hydrogens (tertiary/aromatic N) is 2. The van der Waals surface area contributed by atoms with Gasteiger partial charge in [-0.25, -0.2) is 0 Å². The summed E-state index contributed by atoms with van der Waals surface area (Å²) in [5.41, 5.74) is 6.41. The number of aryl methyl sites for hydroxylation is 3. The number of hydrogen-bond donors (Lipinski definition) is 1. The summed E-state index contributed by atoms with van der Waals surface area (Å²) in [4.78, 5) is 25.9. The summed E-state index contributed by atoms with van der Waals surface area (Å²) in [7, 11) is 1.55. The maximum Gasteiger partial charge on any atom is 0.265 e. The van der Waals surface area contributed by atoms with E-state index in [0.717, 1.165) is 22.6 Å². The summed E-state index contributed by atoms with van der Waals surface area (Å²) in [5, 5.41) is 2.67. The molecule has 3 rings (SSSR count). The van der Waals surface area contributed by atoms with E-state index in [9.17, 15) is 9.59 Å². The highest BCUT2D eigenvalue weighted by atomic mass is 32.1. The predicted molar refractivity (Wildman–Crippen MR) is 106 cm³/mol. The van der Waals surface area contributed by atoms with E-state index in [1.807, 2.05) is 26.0 Å². The Balaban J connectivity index is 2.14. The SMILES string of the molecule is Cc1cccc(C)c1-n1c(C)cc(/C=C2\C(=O)NC(=S)N(C)C2=O)c1C. The zero-order valence-corrected chi connectivity index (χ0v) is 16.3. The number of amides is 2. The maximum absolute atomic E-state index is 12.4. The fourth-order valence-corrected chi connectivity index (χ4v) is 3.51. The van der Waals surface area contributed by atoms with E-state index in [0.29, 0.717) is 0 Å². The van der Waals surface area contributed by atoms with Gasteiger partial charge in [-0.15, -0.1) is 0 Å². The van der Waals surface area contributed by atoms with Crippen LogP contribution in [0, 0.1) is 27.7 Å². The van der Waals surface area contributed by atoms with E-state index in [1.165, 1.54) is 16.0 Å². The van der Waals surface area contributed by atoms with Gasteiger partial charge in [0, 0.05) is 18.4 Å². The second-order valence-corrected chi connectivity index (χ2v) is 6.97. The molecule has 1 N–H and O–H groups in total. The van der Waals surface area contributed by atoms with E-state index in [4.69, 9.17) is 12.2 Å². The number of benzene rings is 1. The smallest absolute Gasteiger partial charge is 0.265 e. The Morgan fingerprint density at radius 1 is 1.08 bits per heavy atom. The van der Waals surface area contributed by atoms with E-state index in [-0.39, 0.29) is 10.7 Å². The van der Waals surface area contributed by atoms with Crippen molar-refractivity contribution in [3.63, 3.8) is 0 Å². The molecular formula is C20H21N3O2S. The number of aromatic nitrogens is 1. The molecule has 134 valence electrons. The summed E-state index contributed by atoms with van der Waals surface area (Å²) in [6.45, 7) is 8.16. The van der Waals surface area contributed by atoms with E-state index in [2.05, 4.69) is 35.9 Å². The van der Waals surface area contributed by atoms with Crippen LogP contribution >= 0.6 is 12.2 Å². The van der Waals surface area contributed by atoms with Crippen LogP contribution < -0.4 is 5.32 Å². The van der Waals surface area contributed by atoms with Gasteiger partial charge in [0.2, 0.25) is 0 Å². The first-order valence-corrected chi connectivity index (χ1v) is 8.73. The number of thiocarbonyl (C=S) groups is 1. The molecule has 1 aromatic carbocycles. The Morgan fingerprint density at radius 2 is 1.69 bits per heavy atom. The highest BCUT2D eigenvalue weighted by Gasteiger charge is 2.31. The third kappa shape index (κ3) is 2.86. The molecule has 0 spiro atoms. The first-order valence-electron chi connectivity index (χ1n) is 8.33. The van der Waals surface area contributed by atoms with Gasteiger partial charge in [0.1, 0.15) is 5.57 Å². The van der Waals surface area contributed by atoms with Crippen molar-refractivity contribution in [1.29, 1.82) is 0 Å². The van der Waals surface area contributed by atoms with Crippen LogP contribution in [0.25, 0.3) is 11.8 Å². The largest absolute Gasteiger partial charge is 0.317 e. The molecule has 2 amide bonds. The van der Waals surface area contributed by atoms with Crippen LogP contribution in [0.2, 0.25) is 0 Å². The van der Waals surface area contributed by atoms with Gasteiger partial charge in [-0.1, -0.05) is 18.2 Å². The van der Waals surface area contributed by atoms with E-state index < -0.39 is 11.8 Å². The third-order valence-electron chi connectivity index (χ3n) is 4.74. The summed E-state index contributed by atoms with van der Waals surface area (Å²) in [6.07, 6.45) is 1.64. The Morgan fingerprint density at radius 3 is 2.31 bits per heavy atom. The zero-order chi connectivity index (χ0) is 19.2. The van der Waals surface area contributed by atoms with Gasteiger partial charge in [-0.2, -0.15) is 0 Å². The van der Waals surface area contributed by atoms with Crippen LogP contribution in [-0.4, -0.2) is 33.4 Å². The minimum absolute atomic E-state index is 0.0860. The number of rotatable bonds is 2. The van der Waals surface area contributed by atoms with Crippen molar-refractivity contribution in [1.82, 2.24) is 14.8 Å². The molecule has 0 aliphatic carbocycles. The molecule has 1 aliphatic heterocycles. The highest BCUT2D eigenvalue weighted by molar-refractivity contribution is 7.80. The molecule has 1 saturated heterocycles. The quantitative estimate of drug-likeness (QED) is 0.504. The molecule has 0 unspecified atom stereocenters. The summed E-state index contributed by atoms with van der Waals surface area (Å²) >= 11 is 4.99. The van der Waals surface area contributed by atoms with Crippen molar-refractivity contribution >= 4 is 35.2 Å². The third-order valence-corrected chi connectivity index (χ3v) is 5.11. The van der Waals surface area contributed by atoms with Crippen LogP contribution in [0.15, 0.2) is 29.8 Å². The van der Waals surface area contributed by atoms with Crippen LogP contribution in [0.5, 0.6) is 0 Å². The lowest BCUT2D eigenvalue weighted by Gasteiger charge is -2.25. The first-order chi connectivity index (χ1) is 12.2. The number of hydrogen-bond acceptors (Lipinski definition) is 3. The Labute approximate surface area is 158 Å². The number of carbonyl (C=O) groups excluding carboxylic acids is 2. The summed E-state index contributed by atoms with van der Waals surface area (Å²) in [6, 6.07) is 8.18. The van der Waals surface area contributed by atoms with Crippen molar-refractivity contribution < 1.29 is 9.59 Å². The fourth-order valence-electron chi connectivity index (χ4n) is 3.34. The minimum Gasteiger partial charge on any atom is -0.317 e. The van der Waals surface area contributed by atoms with Gasteiger partial charge in [0.05, 0.1) is 5.69 Å². The molecule has 1 aliphatic rings. The van der Waals surface area contributed by atoms with Gasteiger partial charge in [-0.05, 0) is 68.7 Å². The first kappa shape index (κ1) is 18.1. The molecule has 6 heteroatoms. The molecule has 0 bridgehead atoms. The molecule has 0 radical (unpaired) electrons. The Bertz CT molecular complexity index is 965. The fraction of sp³-hybridized carbons (Fsp3) is 0.250. The van der Waals surface area contributed by atoms with E-state index in [1.54, 1.807) is 13.1 Å². The second-order valence-electron chi connectivity index (χ2n) is 6.58. The van der Waals surface area contributed by atoms with Gasteiger partial charge in [0.25, 0.3) is 11.8 Å².